The van der Waals surface area contributed by atoms with Crippen LogP contribution in [0, 0.1) is 6.92 Å². The molecule has 0 radical (unpaired) electrons. The van der Waals surface area contributed by atoms with E-state index in [1.165, 1.54) is 16.5 Å². The summed E-state index contributed by atoms with van der Waals surface area (Å²) in [6, 6.07) is 2.04. The summed E-state index contributed by atoms with van der Waals surface area (Å²) < 4.78 is 0. The molecule has 3 heterocycles. The van der Waals surface area contributed by atoms with Crippen molar-refractivity contribution in [1.82, 2.24) is 15.0 Å². The lowest BCUT2D eigenvalue weighted by Gasteiger charge is -2.27. The van der Waals surface area contributed by atoms with Gasteiger partial charge in [-0.2, -0.15) is 11.8 Å². The Kier molecular flexibility index (Phi) is 4.92. The Morgan fingerprint density at radius 2 is 2.14 bits per heavy atom. The van der Waals surface area contributed by atoms with Crippen LogP contribution >= 0.6 is 23.1 Å². The number of hydrogen-bond donors (Lipinski definition) is 1. The number of thiazole rings is 1. The van der Waals surface area contributed by atoms with Crippen molar-refractivity contribution in [3.05, 3.63) is 28.5 Å². The van der Waals surface area contributed by atoms with Gasteiger partial charge >= 0.3 is 0 Å². The van der Waals surface area contributed by atoms with Gasteiger partial charge in [0.25, 0.3) is 0 Å². The van der Waals surface area contributed by atoms with Crippen molar-refractivity contribution in [2.24, 2.45) is 0 Å². The molecule has 1 aliphatic rings. The fourth-order valence-electron chi connectivity index (χ4n) is 2.22. The van der Waals surface area contributed by atoms with E-state index in [1.807, 2.05) is 24.8 Å². The first-order valence-electron chi connectivity index (χ1n) is 7.11. The van der Waals surface area contributed by atoms with Gasteiger partial charge in [0.05, 0.1) is 5.01 Å². The average molecular weight is 321 g/mol. The molecule has 0 bridgehead atoms. The van der Waals surface area contributed by atoms with Gasteiger partial charge in [0.1, 0.15) is 18.0 Å². The van der Waals surface area contributed by atoms with E-state index in [1.54, 1.807) is 17.7 Å². The largest absolute Gasteiger partial charge is 0.369 e. The normalized spacial score (nSPS) is 15.2. The third-order valence-corrected chi connectivity index (χ3v) is 5.27. The molecule has 1 fully saturated rings. The maximum absolute atomic E-state index is 4.47. The maximum Gasteiger partial charge on any atom is 0.134 e. The van der Waals surface area contributed by atoms with Crippen LogP contribution in [0.5, 0.6) is 0 Å². The Morgan fingerprint density at radius 3 is 2.90 bits per heavy atom. The Hall–Kier alpha value is -1.34. The van der Waals surface area contributed by atoms with Crippen LogP contribution in [0.25, 0.3) is 0 Å². The molecule has 0 spiro atoms. The molecule has 0 amide bonds. The van der Waals surface area contributed by atoms with E-state index in [0.29, 0.717) is 0 Å². The molecular weight excluding hydrogens is 302 g/mol. The molecule has 2 aromatic rings. The smallest absolute Gasteiger partial charge is 0.134 e. The highest BCUT2D eigenvalue weighted by Gasteiger charge is 2.12. The lowest BCUT2D eigenvalue weighted by molar-refractivity contribution is 0.834. The molecule has 0 aliphatic carbocycles. The van der Waals surface area contributed by atoms with Crippen LogP contribution in [-0.4, -0.2) is 46.1 Å². The van der Waals surface area contributed by atoms with Crippen LogP contribution in [0.4, 0.5) is 11.6 Å². The summed E-state index contributed by atoms with van der Waals surface area (Å²) in [7, 11) is 0. The monoisotopic (exact) mass is 321 g/mol. The molecule has 5 nitrogen and oxygen atoms in total. The Morgan fingerprint density at radius 1 is 1.29 bits per heavy atom. The van der Waals surface area contributed by atoms with E-state index in [9.17, 15) is 0 Å². The highest BCUT2D eigenvalue weighted by Crippen LogP contribution is 2.19. The summed E-state index contributed by atoms with van der Waals surface area (Å²) in [6.45, 7) is 5.01. The highest BCUT2D eigenvalue weighted by atomic mass is 32.2. The molecule has 2 aromatic heterocycles. The van der Waals surface area contributed by atoms with Gasteiger partial charge in [-0.25, -0.2) is 15.0 Å². The van der Waals surface area contributed by atoms with Gasteiger partial charge in [-0.1, -0.05) is 0 Å². The number of aromatic nitrogens is 3. The summed E-state index contributed by atoms with van der Waals surface area (Å²) in [5.74, 6) is 4.27. The van der Waals surface area contributed by atoms with Crippen LogP contribution in [0.2, 0.25) is 0 Å². The second-order valence-corrected chi connectivity index (χ2v) is 7.09. The van der Waals surface area contributed by atoms with E-state index in [4.69, 9.17) is 0 Å². The molecule has 3 rings (SSSR count). The first kappa shape index (κ1) is 14.6. The lowest BCUT2D eigenvalue weighted by Crippen LogP contribution is -2.33. The zero-order chi connectivity index (χ0) is 14.5. The fraction of sp³-hybridized carbons (Fsp3) is 0.500. The molecule has 1 N–H and O–H groups in total. The van der Waals surface area contributed by atoms with Gasteiger partial charge in [0.15, 0.2) is 0 Å². The molecule has 7 heteroatoms. The van der Waals surface area contributed by atoms with Gasteiger partial charge in [0, 0.05) is 54.7 Å². The number of rotatable bonds is 5. The van der Waals surface area contributed by atoms with Gasteiger partial charge in [-0.3, -0.25) is 0 Å². The van der Waals surface area contributed by atoms with Crippen LogP contribution in [-0.2, 0) is 6.42 Å². The van der Waals surface area contributed by atoms with Gasteiger partial charge in [0.2, 0.25) is 0 Å². The van der Waals surface area contributed by atoms with Crippen molar-refractivity contribution in [2.75, 3.05) is 41.4 Å². The summed E-state index contributed by atoms with van der Waals surface area (Å²) in [5, 5.41) is 6.62. The molecule has 0 unspecified atom stereocenters. The predicted octanol–water partition coefficient (Wildman–Crippen LogP) is 2.45. The average Bonchev–Trinajstić information content (AvgIpc) is 2.94. The first-order chi connectivity index (χ1) is 10.3. The first-order valence-corrected chi connectivity index (χ1v) is 9.14. The zero-order valence-corrected chi connectivity index (χ0v) is 13.7. The minimum Gasteiger partial charge on any atom is -0.369 e. The van der Waals surface area contributed by atoms with Crippen molar-refractivity contribution < 1.29 is 0 Å². The summed E-state index contributed by atoms with van der Waals surface area (Å²) in [5.41, 5.74) is 1.10. The maximum atomic E-state index is 4.47. The predicted molar refractivity (Wildman–Crippen MR) is 90.6 cm³/mol. The Balaban J connectivity index is 1.55. The second-order valence-electron chi connectivity index (χ2n) is 4.92. The molecule has 0 saturated carbocycles. The molecule has 21 heavy (non-hydrogen) atoms. The number of nitrogens with zero attached hydrogens (tertiary/aromatic N) is 4. The standard InChI is InChI=1S/C14H19N5S2/c1-11-9-21-14(18-11)2-3-15-12-8-13(17-10-16-12)19-4-6-20-7-5-19/h8-10H,2-7H2,1H3,(H,15,16,17). The lowest BCUT2D eigenvalue weighted by atomic mass is 10.4. The molecular formula is C14H19N5S2. The van der Waals surface area contributed by atoms with Crippen LogP contribution in [0.1, 0.15) is 10.7 Å². The number of nitrogens with one attached hydrogen (secondary N) is 1. The molecule has 0 atom stereocenters. The highest BCUT2D eigenvalue weighted by molar-refractivity contribution is 7.99. The van der Waals surface area contributed by atoms with Crippen LogP contribution in [0.3, 0.4) is 0 Å². The van der Waals surface area contributed by atoms with E-state index < -0.39 is 0 Å². The Labute approximate surface area is 133 Å². The van der Waals surface area contributed by atoms with E-state index in [0.717, 1.165) is 43.4 Å². The Bertz CT molecular complexity index is 580. The fourth-order valence-corrected chi connectivity index (χ4v) is 3.90. The van der Waals surface area contributed by atoms with E-state index >= 15 is 0 Å². The van der Waals surface area contributed by atoms with Crippen LogP contribution < -0.4 is 10.2 Å². The zero-order valence-electron chi connectivity index (χ0n) is 12.1. The molecule has 0 aromatic carbocycles. The summed E-state index contributed by atoms with van der Waals surface area (Å²) in [6.07, 6.45) is 2.57. The number of aryl methyl sites for hydroxylation is 1. The van der Waals surface area contributed by atoms with Gasteiger partial charge < -0.3 is 10.2 Å². The van der Waals surface area contributed by atoms with E-state index in [-0.39, 0.29) is 0 Å². The number of anilines is 2. The minimum absolute atomic E-state index is 0.846. The van der Waals surface area contributed by atoms with Crippen molar-refractivity contribution >= 4 is 34.7 Å². The van der Waals surface area contributed by atoms with Crippen molar-refractivity contribution in [3.63, 3.8) is 0 Å². The van der Waals surface area contributed by atoms with Gasteiger partial charge in [-0.05, 0) is 6.92 Å². The van der Waals surface area contributed by atoms with E-state index in [2.05, 4.69) is 30.5 Å². The van der Waals surface area contributed by atoms with Crippen molar-refractivity contribution in [2.45, 2.75) is 13.3 Å². The topological polar surface area (TPSA) is 53.9 Å². The van der Waals surface area contributed by atoms with Gasteiger partial charge in [-0.15, -0.1) is 11.3 Å². The summed E-state index contributed by atoms with van der Waals surface area (Å²) >= 11 is 3.72. The van der Waals surface area contributed by atoms with Crippen molar-refractivity contribution in [3.8, 4) is 0 Å². The third kappa shape index (κ3) is 4.07. The SMILES string of the molecule is Cc1csc(CCNc2cc(N3CCSCC3)ncn2)n1. The second kappa shape index (κ2) is 7.09. The molecule has 1 aliphatic heterocycles. The van der Waals surface area contributed by atoms with Crippen LogP contribution in [0.15, 0.2) is 17.8 Å². The molecule has 112 valence electrons. The third-order valence-electron chi connectivity index (χ3n) is 3.30. The minimum atomic E-state index is 0.846. The molecule has 1 saturated heterocycles. The number of hydrogen-bond acceptors (Lipinski definition) is 7. The quantitative estimate of drug-likeness (QED) is 0.913. The van der Waals surface area contributed by atoms with Crippen molar-refractivity contribution in [1.29, 1.82) is 0 Å². The summed E-state index contributed by atoms with van der Waals surface area (Å²) in [4.78, 5) is 15.5. The number of thioether (sulfide) groups is 1.